The molecular weight excluding hydrogens is 342 g/mol. The smallest absolute Gasteiger partial charge is 0.346 e. The molecule has 7 nitrogen and oxygen atoms in total. The number of hydrogen-bond donors (Lipinski definition) is 1. The lowest BCUT2D eigenvalue weighted by molar-refractivity contribution is -0.122. The van der Waals surface area contributed by atoms with Gasteiger partial charge in [0, 0.05) is 12.7 Å². The van der Waals surface area contributed by atoms with Crippen LogP contribution in [0, 0.1) is 0 Å². The van der Waals surface area contributed by atoms with Crippen molar-refractivity contribution < 1.29 is 4.79 Å². The lowest BCUT2D eigenvalue weighted by atomic mass is 10.1. The highest BCUT2D eigenvalue weighted by Gasteiger charge is 2.21. The van der Waals surface area contributed by atoms with Gasteiger partial charge in [-0.2, -0.15) is 0 Å². The van der Waals surface area contributed by atoms with Crippen LogP contribution in [0.2, 0.25) is 0 Å². The third kappa shape index (κ3) is 3.93. The molecule has 1 saturated heterocycles. The van der Waals surface area contributed by atoms with Crippen LogP contribution in [0.3, 0.4) is 0 Å². The van der Waals surface area contributed by atoms with Crippen molar-refractivity contribution in [1.29, 1.82) is 0 Å². The number of rotatable bonds is 6. The molecule has 1 aromatic carbocycles. The van der Waals surface area contributed by atoms with Gasteiger partial charge in [0.1, 0.15) is 6.54 Å². The number of nitrogens with zero attached hydrogens (tertiary/aromatic N) is 4. The Labute approximate surface area is 157 Å². The Morgan fingerprint density at radius 1 is 1.07 bits per heavy atom. The van der Waals surface area contributed by atoms with Gasteiger partial charge in [-0.05, 0) is 43.6 Å². The summed E-state index contributed by atoms with van der Waals surface area (Å²) < 4.78 is 2.65. The Balaban J connectivity index is 1.50. The van der Waals surface area contributed by atoms with E-state index >= 15 is 0 Å². The zero-order valence-corrected chi connectivity index (χ0v) is 15.1. The Bertz CT molecular complexity index is 973. The summed E-state index contributed by atoms with van der Waals surface area (Å²) >= 11 is 0. The zero-order chi connectivity index (χ0) is 18.6. The highest BCUT2D eigenvalue weighted by molar-refractivity contribution is 5.76. The molecule has 3 heterocycles. The fourth-order valence-electron chi connectivity index (χ4n) is 3.59. The molecule has 1 fully saturated rings. The first kappa shape index (κ1) is 17.5. The summed E-state index contributed by atoms with van der Waals surface area (Å²) in [5.74, 6) is -0.214. The molecule has 27 heavy (non-hydrogen) atoms. The summed E-state index contributed by atoms with van der Waals surface area (Å²) in [5, 5.41) is 7.32. The average molecular weight is 365 g/mol. The zero-order valence-electron chi connectivity index (χ0n) is 15.1. The number of aromatic nitrogens is 3. The molecule has 1 atom stereocenters. The van der Waals surface area contributed by atoms with Gasteiger partial charge in [0.25, 0.3) is 0 Å². The minimum Gasteiger partial charge on any atom is -0.346 e. The number of amides is 1. The highest BCUT2D eigenvalue weighted by atomic mass is 16.2. The molecule has 1 aliphatic rings. The van der Waals surface area contributed by atoms with E-state index in [1.165, 1.54) is 21.9 Å². The number of carbonyl (C=O) groups is 1. The largest absolute Gasteiger partial charge is 0.350 e. The van der Waals surface area contributed by atoms with E-state index in [2.05, 4.69) is 15.3 Å². The maximum absolute atomic E-state index is 12.7. The van der Waals surface area contributed by atoms with Crippen molar-refractivity contribution in [2.75, 3.05) is 19.6 Å². The first-order valence-electron chi connectivity index (χ1n) is 9.31. The van der Waals surface area contributed by atoms with Crippen molar-refractivity contribution in [3.63, 3.8) is 0 Å². The van der Waals surface area contributed by atoms with E-state index in [4.69, 9.17) is 0 Å². The number of benzene rings is 1. The summed E-state index contributed by atoms with van der Waals surface area (Å²) in [6.45, 7) is 2.80. The maximum Gasteiger partial charge on any atom is 0.350 e. The molecule has 1 unspecified atom stereocenters. The summed E-state index contributed by atoms with van der Waals surface area (Å²) in [6, 6.07) is 15.2. The number of pyridine rings is 1. The van der Waals surface area contributed by atoms with Crippen molar-refractivity contribution >= 4 is 11.6 Å². The second-order valence-electron chi connectivity index (χ2n) is 6.91. The molecule has 0 bridgehead atoms. The Hall–Kier alpha value is -2.93. The van der Waals surface area contributed by atoms with Gasteiger partial charge in [0.2, 0.25) is 5.91 Å². The van der Waals surface area contributed by atoms with E-state index in [1.807, 2.05) is 36.4 Å². The SMILES string of the molecule is O=C(Cn1nc2ccccn2c1=O)NC(CN1CCCC1)c1ccccc1. The summed E-state index contributed by atoms with van der Waals surface area (Å²) in [6.07, 6.45) is 4.05. The van der Waals surface area contributed by atoms with E-state index in [0.29, 0.717) is 5.65 Å². The average Bonchev–Trinajstić information content (AvgIpc) is 3.31. The Kier molecular flexibility index (Phi) is 5.02. The van der Waals surface area contributed by atoms with E-state index in [0.717, 1.165) is 25.2 Å². The van der Waals surface area contributed by atoms with Crippen LogP contribution in [0.15, 0.2) is 59.5 Å². The van der Waals surface area contributed by atoms with Gasteiger partial charge in [0.15, 0.2) is 5.65 Å². The second-order valence-corrected chi connectivity index (χ2v) is 6.91. The van der Waals surface area contributed by atoms with Crippen LogP contribution in [0.25, 0.3) is 5.65 Å². The van der Waals surface area contributed by atoms with Crippen LogP contribution in [0.1, 0.15) is 24.4 Å². The van der Waals surface area contributed by atoms with E-state index < -0.39 is 0 Å². The second kappa shape index (κ2) is 7.75. The highest BCUT2D eigenvalue weighted by Crippen LogP contribution is 2.17. The van der Waals surface area contributed by atoms with Gasteiger partial charge in [-0.25, -0.2) is 9.48 Å². The van der Waals surface area contributed by atoms with Gasteiger partial charge in [0.05, 0.1) is 6.04 Å². The molecule has 0 radical (unpaired) electrons. The maximum atomic E-state index is 12.7. The lowest BCUT2D eigenvalue weighted by Crippen LogP contribution is -2.39. The fourth-order valence-corrected chi connectivity index (χ4v) is 3.59. The first-order chi connectivity index (χ1) is 13.2. The topological polar surface area (TPSA) is 71.6 Å². The van der Waals surface area contributed by atoms with E-state index in [1.54, 1.807) is 18.3 Å². The Morgan fingerprint density at radius 3 is 2.56 bits per heavy atom. The molecule has 4 rings (SSSR count). The van der Waals surface area contributed by atoms with Crippen LogP contribution in [0.5, 0.6) is 0 Å². The van der Waals surface area contributed by atoms with Gasteiger partial charge in [-0.1, -0.05) is 36.4 Å². The van der Waals surface area contributed by atoms with Crippen LogP contribution in [-0.4, -0.2) is 44.6 Å². The third-order valence-electron chi connectivity index (χ3n) is 4.96. The standard InChI is InChI=1S/C20H23N5O2/c26-19(15-25-20(27)24-13-5-4-10-18(24)22-25)21-17(14-23-11-6-7-12-23)16-8-2-1-3-9-16/h1-5,8-10,13,17H,6-7,11-12,14-15H2,(H,21,26). The molecular formula is C20H23N5O2. The van der Waals surface area contributed by atoms with Crippen molar-refractivity contribution in [3.8, 4) is 0 Å². The van der Waals surface area contributed by atoms with Crippen LogP contribution < -0.4 is 11.0 Å². The Morgan fingerprint density at radius 2 is 1.81 bits per heavy atom. The minimum absolute atomic E-state index is 0.0934. The molecule has 1 N–H and O–H groups in total. The number of likely N-dealkylation sites (tertiary alicyclic amines) is 1. The van der Waals surface area contributed by atoms with Crippen molar-refractivity contribution in [2.45, 2.75) is 25.4 Å². The fraction of sp³-hybridized carbons (Fsp3) is 0.350. The predicted octanol–water partition coefficient (Wildman–Crippen LogP) is 1.45. The molecule has 7 heteroatoms. The van der Waals surface area contributed by atoms with Crippen molar-refractivity contribution in [1.82, 2.24) is 24.4 Å². The molecule has 0 aliphatic carbocycles. The number of fused-ring (bicyclic) bond motifs is 1. The third-order valence-corrected chi connectivity index (χ3v) is 4.96. The minimum atomic E-state index is -0.309. The predicted molar refractivity (Wildman–Crippen MR) is 102 cm³/mol. The van der Waals surface area contributed by atoms with Gasteiger partial charge >= 0.3 is 5.69 Å². The summed E-state index contributed by atoms with van der Waals surface area (Å²) in [4.78, 5) is 27.4. The number of carbonyl (C=O) groups excluding carboxylic acids is 1. The molecule has 140 valence electrons. The van der Waals surface area contributed by atoms with Crippen LogP contribution in [0.4, 0.5) is 0 Å². The normalized spacial score (nSPS) is 15.9. The molecule has 0 saturated carbocycles. The molecule has 1 aliphatic heterocycles. The van der Waals surface area contributed by atoms with Crippen LogP contribution in [-0.2, 0) is 11.3 Å². The molecule has 1 amide bonds. The van der Waals surface area contributed by atoms with Gasteiger partial charge < -0.3 is 10.2 Å². The number of hydrogen-bond acceptors (Lipinski definition) is 4. The molecule has 2 aromatic heterocycles. The van der Waals surface area contributed by atoms with Gasteiger partial charge in [-0.15, -0.1) is 5.10 Å². The van der Waals surface area contributed by atoms with Crippen molar-refractivity contribution in [3.05, 3.63) is 70.8 Å². The van der Waals surface area contributed by atoms with Crippen LogP contribution >= 0.6 is 0 Å². The van der Waals surface area contributed by atoms with Crippen molar-refractivity contribution in [2.24, 2.45) is 0 Å². The first-order valence-corrected chi connectivity index (χ1v) is 9.31. The van der Waals surface area contributed by atoms with Gasteiger partial charge in [-0.3, -0.25) is 9.20 Å². The summed E-state index contributed by atoms with van der Waals surface area (Å²) in [5.41, 5.74) is 1.30. The lowest BCUT2D eigenvalue weighted by Gasteiger charge is -2.25. The number of nitrogens with one attached hydrogen (secondary N) is 1. The van der Waals surface area contributed by atoms with E-state index in [9.17, 15) is 9.59 Å². The summed E-state index contributed by atoms with van der Waals surface area (Å²) in [7, 11) is 0. The monoisotopic (exact) mass is 365 g/mol. The quantitative estimate of drug-likeness (QED) is 0.718. The van der Waals surface area contributed by atoms with E-state index in [-0.39, 0.29) is 24.2 Å². The molecule has 0 spiro atoms. The molecule has 3 aromatic rings.